The maximum absolute atomic E-state index is 12.1. The van der Waals surface area contributed by atoms with E-state index in [1.807, 2.05) is 0 Å². The Bertz CT molecular complexity index is 595. The molecule has 1 saturated heterocycles. The molecule has 1 unspecified atom stereocenters. The average Bonchev–Trinajstić information content (AvgIpc) is 2.50. The van der Waals surface area contributed by atoms with Crippen molar-refractivity contribution >= 4 is 35.5 Å². The van der Waals surface area contributed by atoms with E-state index in [9.17, 15) is 29.4 Å². The Morgan fingerprint density at radius 3 is 2.46 bits per heavy atom. The molecule has 9 nitrogen and oxygen atoms in total. The van der Waals surface area contributed by atoms with Crippen LogP contribution in [0.25, 0.3) is 0 Å². The summed E-state index contributed by atoms with van der Waals surface area (Å²) in [7, 11) is 0. The Kier molecular flexibility index (Phi) is 8.19. The third-order valence-electron chi connectivity index (χ3n) is 3.55. The van der Waals surface area contributed by atoms with Gasteiger partial charge in [0.15, 0.2) is 0 Å². The second-order valence-corrected chi connectivity index (χ2v) is 6.22. The smallest absolute Gasteiger partial charge is 0.352 e. The fraction of sp³-hybridized carbons (Fsp3) is 0.538. The molecule has 0 spiro atoms. The Morgan fingerprint density at radius 1 is 1.25 bits per heavy atom. The van der Waals surface area contributed by atoms with Crippen LogP contribution in [0.4, 0.5) is 0 Å². The molecule has 1 fully saturated rings. The molecule has 0 aromatic rings. The Morgan fingerprint density at radius 2 is 1.92 bits per heavy atom. The molecule has 0 saturated carbocycles. The van der Waals surface area contributed by atoms with Gasteiger partial charge in [-0.3, -0.25) is 19.3 Å². The average molecular weight is 571 g/mol. The van der Waals surface area contributed by atoms with Crippen molar-refractivity contribution in [2.24, 2.45) is 0 Å². The number of aliphatic hydroxyl groups is 1. The van der Waals surface area contributed by atoms with Crippen LogP contribution >= 0.6 is 11.8 Å². The summed E-state index contributed by atoms with van der Waals surface area (Å²) in [6, 6.07) is -0.827. The van der Waals surface area contributed by atoms with E-state index in [-0.39, 0.29) is 80.3 Å². The van der Waals surface area contributed by atoms with E-state index in [1.165, 1.54) is 11.8 Å². The van der Waals surface area contributed by atoms with Crippen LogP contribution in [0.1, 0.15) is 19.3 Å². The van der Waals surface area contributed by atoms with Crippen molar-refractivity contribution in [1.82, 2.24) is 10.2 Å². The van der Waals surface area contributed by atoms with E-state index in [0.29, 0.717) is 0 Å². The molecule has 24 heavy (non-hydrogen) atoms. The van der Waals surface area contributed by atoms with Crippen LogP contribution in [0.5, 0.6) is 0 Å². The Hall–Kier alpha value is -0.628. The SMILES string of the molecule is O=C(O)CCCC(=O)N[C@@H]1C(=O)N2C(C(=O)O)=C(CO)CSC12.[Ac]. The first kappa shape index (κ1) is 21.4. The number of fused-ring (bicyclic) bond motifs is 1. The van der Waals surface area contributed by atoms with Crippen LogP contribution in [0.15, 0.2) is 11.3 Å². The normalized spacial score (nSPS) is 22.2. The van der Waals surface area contributed by atoms with Crippen LogP contribution in [0.2, 0.25) is 0 Å². The second-order valence-electron chi connectivity index (χ2n) is 5.12. The summed E-state index contributed by atoms with van der Waals surface area (Å²) in [6.45, 7) is -0.447. The number of nitrogens with zero attached hydrogens (tertiary/aromatic N) is 1. The predicted octanol–water partition coefficient (Wildman–Crippen LogP) is -1.03. The number of aliphatic hydroxyl groups excluding tert-OH is 1. The van der Waals surface area contributed by atoms with Crippen molar-refractivity contribution in [3.05, 3.63) is 11.3 Å². The number of nitrogens with one attached hydrogen (secondary N) is 1. The van der Waals surface area contributed by atoms with Crippen LogP contribution in [0.3, 0.4) is 0 Å². The molecule has 2 heterocycles. The molecule has 0 bridgehead atoms. The van der Waals surface area contributed by atoms with Gasteiger partial charge in [-0.2, -0.15) is 0 Å². The Labute approximate surface area is 177 Å². The molecule has 0 aromatic heterocycles. The largest absolute Gasteiger partial charge is 0.481 e. The minimum atomic E-state index is -1.29. The number of hydrogen-bond acceptors (Lipinski definition) is 6. The zero-order chi connectivity index (χ0) is 17.1. The molecule has 2 aliphatic heterocycles. The maximum Gasteiger partial charge on any atom is 0.352 e. The summed E-state index contributed by atoms with van der Waals surface area (Å²) < 4.78 is 0. The van der Waals surface area contributed by atoms with Crippen molar-refractivity contribution in [3.8, 4) is 0 Å². The summed E-state index contributed by atoms with van der Waals surface area (Å²) in [6.07, 6.45) is 0.0115. The molecule has 1 radical (unpaired) electrons. The van der Waals surface area contributed by atoms with Gasteiger partial charge in [0.05, 0.1) is 6.61 Å². The zero-order valence-electron chi connectivity index (χ0n) is 12.6. The van der Waals surface area contributed by atoms with Crippen molar-refractivity contribution in [3.63, 3.8) is 0 Å². The first-order valence-corrected chi connectivity index (χ1v) is 7.93. The second kappa shape index (κ2) is 9.18. The molecular weight excluding hydrogens is 555 g/mol. The fourth-order valence-electron chi connectivity index (χ4n) is 2.45. The van der Waals surface area contributed by atoms with Gasteiger partial charge in [-0.15, -0.1) is 11.8 Å². The molecule has 2 aliphatic rings. The third-order valence-corrected chi connectivity index (χ3v) is 4.89. The van der Waals surface area contributed by atoms with E-state index in [0.717, 1.165) is 4.90 Å². The van der Waals surface area contributed by atoms with Gasteiger partial charge in [0, 0.05) is 62.7 Å². The Balaban J connectivity index is 0.00000288. The standard InChI is InChI=1S/C13H16N2O7S.Ac/c16-4-6-5-23-12-9(11(20)15(12)10(6)13(21)22)14-7(17)2-1-3-8(18)19;/h9,12,16H,1-5H2,(H,14,17)(H,18,19)(H,21,22);/t9-,12?;/m1./s1. The zero-order valence-corrected chi connectivity index (χ0v) is 18.2. The summed E-state index contributed by atoms with van der Waals surface area (Å²) in [5.74, 6) is -3.02. The topological polar surface area (TPSA) is 144 Å². The monoisotopic (exact) mass is 571 g/mol. The van der Waals surface area contributed by atoms with Gasteiger partial charge in [0.2, 0.25) is 5.91 Å². The van der Waals surface area contributed by atoms with Crippen LogP contribution in [-0.2, 0) is 19.2 Å². The molecule has 0 aliphatic carbocycles. The van der Waals surface area contributed by atoms with E-state index in [1.54, 1.807) is 0 Å². The summed E-state index contributed by atoms with van der Waals surface area (Å²) in [5, 5.41) is 28.9. The van der Waals surface area contributed by atoms with E-state index < -0.39 is 41.8 Å². The third kappa shape index (κ3) is 4.50. The van der Waals surface area contributed by atoms with Gasteiger partial charge in [-0.25, -0.2) is 4.79 Å². The van der Waals surface area contributed by atoms with Crippen LogP contribution < -0.4 is 5.32 Å². The molecule has 129 valence electrons. The van der Waals surface area contributed by atoms with E-state index in [4.69, 9.17) is 5.11 Å². The number of amides is 2. The number of thioether (sulfide) groups is 1. The molecular formula is C13H16AcN2O7S. The maximum atomic E-state index is 12.1. The summed E-state index contributed by atoms with van der Waals surface area (Å²) >= 11 is 1.26. The summed E-state index contributed by atoms with van der Waals surface area (Å²) in [4.78, 5) is 46.6. The molecule has 0 aromatic carbocycles. The number of β-lactam (4-membered cyclic amide) rings is 1. The van der Waals surface area contributed by atoms with Gasteiger partial charge in [-0.05, 0) is 12.0 Å². The van der Waals surface area contributed by atoms with Crippen LogP contribution in [-0.4, -0.2) is 67.7 Å². The summed E-state index contributed by atoms with van der Waals surface area (Å²) in [5.41, 5.74) is 0.0379. The van der Waals surface area contributed by atoms with Gasteiger partial charge in [-0.1, -0.05) is 0 Å². The number of rotatable bonds is 7. The molecule has 2 atom stereocenters. The van der Waals surface area contributed by atoms with E-state index in [2.05, 4.69) is 5.32 Å². The van der Waals surface area contributed by atoms with Gasteiger partial charge in [0.25, 0.3) is 5.91 Å². The number of carbonyl (C=O) groups excluding carboxylic acids is 2. The molecule has 11 heteroatoms. The first-order valence-electron chi connectivity index (χ1n) is 6.88. The van der Waals surface area contributed by atoms with Gasteiger partial charge in [0.1, 0.15) is 17.1 Å². The minimum absolute atomic E-state index is 0. The van der Waals surface area contributed by atoms with Gasteiger partial charge >= 0.3 is 11.9 Å². The van der Waals surface area contributed by atoms with Crippen molar-refractivity contribution in [2.45, 2.75) is 30.7 Å². The number of hydrogen-bond donors (Lipinski definition) is 4. The quantitative estimate of drug-likeness (QED) is 0.284. The van der Waals surface area contributed by atoms with Crippen molar-refractivity contribution in [2.75, 3.05) is 12.4 Å². The predicted molar refractivity (Wildman–Crippen MR) is 78.3 cm³/mol. The first-order chi connectivity index (χ1) is 10.9. The fourth-order valence-corrected chi connectivity index (χ4v) is 3.79. The van der Waals surface area contributed by atoms with E-state index >= 15 is 0 Å². The van der Waals surface area contributed by atoms with Crippen molar-refractivity contribution < 1.29 is 78.6 Å². The molecule has 2 amide bonds. The molecule has 4 N–H and O–H groups in total. The van der Waals surface area contributed by atoms with Crippen molar-refractivity contribution in [1.29, 1.82) is 0 Å². The number of carboxylic acid groups (broad SMARTS) is 2. The number of aliphatic carboxylic acids is 2. The minimum Gasteiger partial charge on any atom is -0.481 e. The number of carbonyl (C=O) groups is 4. The van der Waals surface area contributed by atoms with Crippen LogP contribution in [0, 0.1) is 44.1 Å². The molecule has 2 rings (SSSR count). The number of carboxylic acids is 2. The van der Waals surface area contributed by atoms with Gasteiger partial charge < -0.3 is 20.6 Å².